The van der Waals surface area contributed by atoms with Crippen LogP contribution in [0.4, 0.5) is 0 Å². The Labute approximate surface area is 120 Å². The maximum atomic E-state index is 10.7. The molecule has 0 aliphatic rings. The van der Waals surface area contributed by atoms with Crippen molar-refractivity contribution >= 4 is 5.97 Å². The van der Waals surface area contributed by atoms with Crippen LogP contribution < -0.4 is 0 Å². The molecule has 0 radical (unpaired) electrons. The summed E-state index contributed by atoms with van der Waals surface area (Å²) in [5, 5.41) is 12.8. The summed E-state index contributed by atoms with van der Waals surface area (Å²) in [6.07, 6.45) is 0.867. The first-order valence-corrected chi connectivity index (χ1v) is 6.96. The van der Waals surface area contributed by atoms with Crippen LogP contribution in [0.25, 0.3) is 0 Å². The van der Waals surface area contributed by atoms with Crippen molar-refractivity contribution in [2.45, 2.75) is 59.5 Å². The molecule has 0 spiro atoms. The van der Waals surface area contributed by atoms with E-state index in [9.17, 15) is 4.79 Å². The van der Waals surface area contributed by atoms with Gasteiger partial charge in [0.25, 0.3) is 0 Å². The minimum Gasteiger partial charge on any atom is -0.481 e. The highest BCUT2D eigenvalue weighted by Gasteiger charge is 2.24. The van der Waals surface area contributed by atoms with Crippen molar-refractivity contribution in [3.63, 3.8) is 0 Å². The summed E-state index contributed by atoms with van der Waals surface area (Å²) < 4.78 is 5.21. The van der Waals surface area contributed by atoms with Crippen molar-refractivity contribution in [3.05, 3.63) is 11.7 Å². The van der Waals surface area contributed by atoms with E-state index in [2.05, 4.69) is 24.0 Å². The number of carboxylic acid groups (broad SMARTS) is 1. The Kier molecular flexibility index (Phi) is 5.68. The van der Waals surface area contributed by atoms with Crippen LogP contribution in [0.5, 0.6) is 0 Å². The van der Waals surface area contributed by atoms with E-state index in [4.69, 9.17) is 9.63 Å². The Morgan fingerprint density at radius 1 is 1.40 bits per heavy atom. The molecule has 1 rings (SSSR count). The number of aliphatic carboxylic acids is 1. The molecule has 0 atom stereocenters. The van der Waals surface area contributed by atoms with Crippen molar-refractivity contribution < 1.29 is 14.4 Å². The van der Waals surface area contributed by atoms with E-state index in [-0.39, 0.29) is 12.0 Å². The number of aromatic nitrogens is 2. The van der Waals surface area contributed by atoms with Gasteiger partial charge < -0.3 is 9.63 Å². The summed E-state index contributed by atoms with van der Waals surface area (Å²) in [5.74, 6) is 0.921. The first kappa shape index (κ1) is 16.6. The molecule has 1 aromatic heterocycles. The van der Waals surface area contributed by atoms with E-state index in [1.807, 2.05) is 25.7 Å². The van der Waals surface area contributed by atoms with E-state index < -0.39 is 5.97 Å². The maximum absolute atomic E-state index is 10.7. The molecular weight excluding hydrogens is 258 g/mol. The van der Waals surface area contributed by atoms with Gasteiger partial charge in [-0.2, -0.15) is 4.98 Å². The normalized spacial score (nSPS) is 12.3. The summed E-state index contributed by atoms with van der Waals surface area (Å²) in [4.78, 5) is 17.1. The third-order valence-electron chi connectivity index (χ3n) is 2.97. The third-order valence-corrected chi connectivity index (χ3v) is 2.97. The fourth-order valence-corrected chi connectivity index (χ4v) is 1.84. The van der Waals surface area contributed by atoms with Crippen molar-refractivity contribution in [2.24, 2.45) is 5.92 Å². The van der Waals surface area contributed by atoms with Crippen LogP contribution >= 0.6 is 0 Å². The van der Waals surface area contributed by atoms with Gasteiger partial charge in [0.15, 0.2) is 5.82 Å². The molecule has 20 heavy (non-hydrogen) atoms. The Morgan fingerprint density at radius 3 is 2.55 bits per heavy atom. The van der Waals surface area contributed by atoms with Gasteiger partial charge in [0.05, 0.1) is 13.0 Å². The number of hydrogen-bond donors (Lipinski definition) is 1. The van der Waals surface area contributed by atoms with Crippen LogP contribution in [-0.4, -0.2) is 38.2 Å². The lowest BCUT2D eigenvalue weighted by Crippen LogP contribution is -2.42. The van der Waals surface area contributed by atoms with Crippen molar-refractivity contribution in [2.75, 3.05) is 6.54 Å². The molecule has 0 aromatic carbocycles. The van der Waals surface area contributed by atoms with Crippen LogP contribution in [0.3, 0.4) is 0 Å². The lowest BCUT2D eigenvalue weighted by atomic mass is 10.1. The van der Waals surface area contributed by atoms with E-state index in [0.717, 1.165) is 6.42 Å². The molecule has 1 heterocycles. The average molecular weight is 283 g/mol. The smallest absolute Gasteiger partial charge is 0.304 e. The number of hydrogen-bond acceptors (Lipinski definition) is 5. The second-order valence-corrected chi connectivity index (χ2v) is 6.44. The van der Waals surface area contributed by atoms with Gasteiger partial charge in [-0.1, -0.05) is 19.0 Å². The molecule has 0 aliphatic heterocycles. The second kappa shape index (κ2) is 6.83. The summed E-state index contributed by atoms with van der Waals surface area (Å²) in [7, 11) is 0. The number of rotatable bonds is 7. The molecule has 0 unspecified atom stereocenters. The zero-order valence-corrected chi connectivity index (χ0v) is 13.0. The van der Waals surface area contributed by atoms with Crippen LogP contribution in [-0.2, 0) is 17.8 Å². The Morgan fingerprint density at radius 2 is 2.05 bits per heavy atom. The zero-order chi connectivity index (χ0) is 15.3. The van der Waals surface area contributed by atoms with Gasteiger partial charge in [-0.05, 0) is 26.7 Å². The molecular formula is C14H25N3O3. The molecule has 6 heteroatoms. The topological polar surface area (TPSA) is 79.5 Å². The van der Waals surface area contributed by atoms with Gasteiger partial charge in [-0.25, -0.2) is 0 Å². The fourth-order valence-electron chi connectivity index (χ4n) is 1.84. The second-order valence-electron chi connectivity index (χ2n) is 6.44. The van der Waals surface area contributed by atoms with Gasteiger partial charge in [-0.3, -0.25) is 9.69 Å². The van der Waals surface area contributed by atoms with E-state index in [1.54, 1.807) is 0 Å². The predicted molar refractivity (Wildman–Crippen MR) is 75.3 cm³/mol. The average Bonchev–Trinajstić information content (AvgIpc) is 2.68. The highest BCUT2D eigenvalue weighted by atomic mass is 16.5. The quantitative estimate of drug-likeness (QED) is 0.827. The molecule has 0 amide bonds. The zero-order valence-electron chi connectivity index (χ0n) is 13.0. The summed E-state index contributed by atoms with van der Waals surface area (Å²) in [6, 6.07) is 0. The van der Waals surface area contributed by atoms with Gasteiger partial charge in [0.2, 0.25) is 5.89 Å². The summed E-state index contributed by atoms with van der Waals surface area (Å²) in [6.45, 7) is 11.3. The van der Waals surface area contributed by atoms with E-state index in [0.29, 0.717) is 30.7 Å². The van der Waals surface area contributed by atoms with Gasteiger partial charge in [-0.15, -0.1) is 0 Å². The molecule has 0 saturated heterocycles. The van der Waals surface area contributed by atoms with Crippen LogP contribution in [0, 0.1) is 5.92 Å². The number of carbonyl (C=O) groups is 1. The van der Waals surface area contributed by atoms with E-state index >= 15 is 0 Å². The molecule has 0 fully saturated rings. The van der Waals surface area contributed by atoms with E-state index in [1.165, 1.54) is 0 Å². The summed E-state index contributed by atoms with van der Waals surface area (Å²) >= 11 is 0. The molecule has 0 aliphatic carbocycles. The standard InChI is InChI=1S/C14H25N3O3/c1-10(2)8-12-15-11(16-20-12)9-17(14(3,4)5)7-6-13(18)19/h10H,6-9H2,1-5H3,(H,18,19). The molecule has 0 bridgehead atoms. The molecule has 1 N–H and O–H groups in total. The first-order chi connectivity index (χ1) is 9.18. The lowest BCUT2D eigenvalue weighted by Gasteiger charge is -2.34. The van der Waals surface area contributed by atoms with Crippen LogP contribution in [0.1, 0.15) is 52.8 Å². The molecule has 6 nitrogen and oxygen atoms in total. The fraction of sp³-hybridized carbons (Fsp3) is 0.786. The molecule has 1 aromatic rings. The van der Waals surface area contributed by atoms with Crippen molar-refractivity contribution in [1.82, 2.24) is 15.0 Å². The lowest BCUT2D eigenvalue weighted by molar-refractivity contribution is -0.137. The third kappa shape index (κ3) is 5.69. The number of carboxylic acids is 1. The Bertz CT molecular complexity index is 435. The number of nitrogens with zero attached hydrogens (tertiary/aromatic N) is 3. The van der Waals surface area contributed by atoms with Gasteiger partial charge in [0, 0.05) is 18.5 Å². The van der Waals surface area contributed by atoms with Crippen LogP contribution in [0.15, 0.2) is 4.52 Å². The molecule has 0 saturated carbocycles. The summed E-state index contributed by atoms with van der Waals surface area (Å²) in [5.41, 5.74) is -0.145. The monoisotopic (exact) mass is 283 g/mol. The Hall–Kier alpha value is -1.43. The van der Waals surface area contributed by atoms with Gasteiger partial charge >= 0.3 is 5.97 Å². The minimum atomic E-state index is -0.798. The maximum Gasteiger partial charge on any atom is 0.304 e. The predicted octanol–water partition coefficient (Wildman–Crippen LogP) is 2.34. The van der Waals surface area contributed by atoms with Crippen molar-refractivity contribution in [3.8, 4) is 0 Å². The molecule has 114 valence electrons. The first-order valence-electron chi connectivity index (χ1n) is 6.96. The van der Waals surface area contributed by atoms with Crippen molar-refractivity contribution in [1.29, 1.82) is 0 Å². The largest absolute Gasteiger partial charge is 0.481 e. The van der Waals surface area contributed by atoms with Crippen LogP contribution in [0.2, 0.25) is 0 Å². The SMILES string of the molecule is CC(C)Cc1nc(CN(CCC(=O)O)C(C)(C)C)no1. The minimum absolute atomic E-state index is 0.105. The van der Waals surface area contributed by atoms with Gasteiger partial charge in [0.1, 0.15) is 0 Å². The Balaban J connectivity index is 2.69. The highest BCUT2D eigenvalue weighted by Crippen LogP contribution is 2.17. The highest BCUT2D eigenvalue weighted by molar-refractivity contribution is 5.66.